The van der Waals surface area contributed by atoms with E-state index in [1.165, 1.54) is 17.0 Å². The third-order valence-corrected chi connectivity index (χ3v) is 7.30. The van der Waals surface area contributed by atoms with E-state index in [0.29, 0.717) is 28.0 Å². The number of thiazole rings is 1. The summed E-state index contributed by atoms with van der Waals surface area (Å²) in [5.74, 6) is 0.833. The lowest BCUT2D eigenvalue weighted by molar-refractivity contribution is 0.104. The van der Waals surface area contributed by atoms with Crippen molar-refractivity contribution in [2.24, 2.45) is 0 Å². The molecule has 4 rings (SSSR count). The average Bonchev–Trinajstić information content (AvgIpc) is 3.09. The van der Waals surface area contributed by atoms with Crippen LogP contribution in [0, 0.1) is 0 Å². The molecule has 34 heavy (non-hydrogen) atoms. The number of ketones is 1. The van der Waals surface area contributed by atoms with Crippen LogP contribution in [0.3, 0.4) is 0 Å². The number of anilines is 4. The Labute approximate surface area is 205 Å². The van der Waals surface area contributed by atoms with Crippen molar-refractivity contribution in [2.45, 2.75) is 33.2 Å². The number of rotatable bonds is 7. The quantitative estimate of drug-likeness (QED) is 0.541. The average molecular weight is 480 g/mol. The number of carbonyl (C=O) groups excluding carboxylic acids is 1. The van der Waals surface area contributed by atoms with E-state index in [2.05, 4.69) is 46.1 Å². The van der Waals surface area contributed by atoms with Crippen molar-refractivity contribution in [1.29, 1.82) is 0 Å². The van der Waals surface area contributed by atoms with Gasteiger partial charge in [0.1, 0.15) is 16.5 Å². The van der Waals surface area contributed by atoms with Gasteiger partial charge < -0.3 is 20.7 Å². The highest BCUT2D eigenvalue weighted by Crippen LogP contribution is 2.32. The smallest absolute Gasteiger partial charge is 0.207 e. The van der Waals surface area contributed by atoms with Crippen molar-refractivity contribution in [3.05, 3.63) is 64.3 Å². The monoisotopic (exact) mass is 479 g/mol. The van der Waals surface area contributed by atoms with Crippen LogP contribution in [0.1, 0.15) is 36.9 Å². The zero-order valence-electron chi connectivity index (χ0n) is 20.3. The molecule has 0 bridgehead atoms. The molecule has 0 amide bonds. The predicted octanol–water partition coefficient (Wildman–Crippen LogP) is 4.99. The normalized spacial score (nSPS) is 17.1. The van der Waals surface area contributed by atoms with Crippen molar-refractivity contribution in [1.82, 2.24) is 9.88 Å². The van der Waals surface area contributed by atoms with E-state index in [1.807, 2.05) is 31.2 Å². The summed E-state index contributed by atoms with van der Waals surface area (Å²) in [4.78, 5) is 23.0. The second-order valence-electron chi connectivity index (χ2n) is 8.87. The van der Waals surface area contributed by atoms with Crippen molar-refractivity contribution < 1.29 is 9.53 Å². The molecule has 0 spiro atoms. The van der Waals surface area contributed by atoms with Crippen LogP contribution in [0.25, 0.3) is 0 Å². The van der Waals surface area contributed by atoms with Crippen LogP contribution in [0.4, 0.5) is 22.3 Å². The minimum Gasteiger partial charge on any atom is -0.501 e. The van der Waals surface area contributed by atoms with Crippen molar-refractivity contribution in [3.8, 4) is 0 Å². The molecule has 0 saturated carbocycles. The molecule has 0 unspecified atom stereocenters. The number of nitrogen functional groups attached to an aromatic ring is 1. The van der Waals surface area contributed by atoms with Crippen LogP contribution < -0.4 is 16.0 Å². The number of carbonyl (C=O) groups is 1. The van der Waals surface area contributed by atoms with Gasteiger partial charge in [0.2, 0.25) is 5.78 Å². The zero-order valence-corrected chi connectivity index (χ0v) is 21.1. The van der Waals surface area contributed by atoms with E-state index in [9.17, 15) is 4.79 Å². The fourth-order valence-electron chi connectivity index (χ4n) is 4.21. The van der Waals surface area contributed by atoms with Crippen LogP contribution in [-0.2, 0) is 4.74 Å². The summed E-state index contributed by atoms with van der Waals surface area (Å²) in [6.45, 7) is 10.6. The van der Waals surface area contributed by atoms with Crippen molar-refractivity contribution in [2.75, 3.05) is 49.2 Å². The number of piperazine rings is 1. The van der Waals surface area contributed by atoms with E-state index in [0.717, 1.165) is 43.2 Å². The lowest BCUT2D eigenvalue weighted by Gasteiger charge is -2.38. The van der Waals surface area contributed by atoms with E-state index in [-0.39, 0.29) is 11.6 Å². The van der Waals surface area contributed by atoms with Gasteiger partial charge in [-0.3, -0.25) is 9.69 Å². The second-order valence-corrected chi connectivity index (χ2v) is 9.87. The molecule has 0 atom stereocenters. The Morgan fingerprint density at radius 3 is 2.53 bits per heavy atom. The predicted molar refractivity (Wildman–Crippen MR) is 141 cm³/mol. The minimum atomic E-state index is -0.141. The summed E-state index contributed by atoms with van der Waals surface area (Å²) < 4.78 is 5.38. The van der Waals surface area contributed by atoms with Gasteiger partial charge in [-0.1, -0.05) is 23.5 Å². The van der Waals surface area contributed by atoms with Gasteiger partial charge in [-0.2, -0.15) is 0 Å². The molecular weight excluding hydrogens is 446 g/mol. The maximum atomic E-state index is 13.3. The molecule has 180 valence electrons. The maximum absolute atomic E-state index is 13.3. The fourth-order valence-corrected chi connectivity index (χ4v) is 5.07. The molecule has 1 aliphatic carbocycles. The van der Waals surface area contributed by atoms with Gasteiger partial charge >= 0.3 is 0 Å². The van der Waals surface area contributed by atoms with Gasteiger partial charge in [0, 0.05) is 55.6 Å². The second kappa shape index (κ2) is 10.4. The molecule has 2 heterocycles. The lowest BCUT2D eigenvalue weighted by atomic mass is 10.0. The van der Waals surface area contributed by atoms with Crippen molar-refractivity contribution in [3.63, 3.8) is 0 Å². The molecule has 3 N–H and O–H groups in total. The fraction of sp³-hybridized carbons (Fsp3) is 0.385. The van der Waals surface area contributed by atoms with Crippen LogP contribution >= 0.6 is 11.3 Å². The Morgan fingerprint density at radius 1 is 1.18 bits per heavy atom. The van der Waals surface area contributed by atoms with Crippen LogP contribution in [0.2, 0.25) is 0 Å². The summed E-state index contributed by atoms with van der Waals surface area (Å²) >= 11 is 1.27. The Hall–Kier alpha value is -3.10. The number of ether oxygens (including phenoxy) is 1. The molecule has 1 saturated heterocycles. The van der Waals surface area contributed by atoms with Gasteiger partial charge in [0.15, 0.2) is 5.13 Å². The number of benzene rings is 1. The summed E-state index contributed by atoms with van der Waals surface area (Å²) in [6, 6.07) is 8.92. The van der Waals surface area contributed by atoms with Gasteiger partial charge in [0.25, 0.3) is 0 Å². The molecule has 1 fully saturated rings. The standard InChI is InChI=1S/C26H33N5O2S/c1-17(2)30-12-14-31(15-13-30)20-10-8-19(9-11-20)28-26-29-25(27)24(34-26)23(32)22-16-21(33-4)7-5-6-18(22)3/h5-6,8-11,16-17H,7,12-15,27H2,1-4H3,(H,28,29). The van der Waals surface area contributed by atoms with Gasteiger partial charge in [-0.25, -0.2) is 4.98 Å². The highest BCUT2D eigenvalue weighted by atomic mass is 32.1. The number of nitrogens with two attached hydrogens (primary N) is 1. The van der Waals surface area contributed by atoms with Gasteiger partial charge in [-0.15, -0.1) is 0 Å². The third kappa shape index (κ3) is 5.34. The summed E-state index contributed by atoms with van der Waals surface area (Å²) in [5, 5.41) is 3.89. The number of hydrogen-bond donors (Lipinski definition) is 2. The highest BCUT2D eigenvalue weighted by Gasteiger charge is 2.22. The molecule has 1 aromatic heterocycles. The van der Waals surface area contributed by atoms with E-state index < -0.39 is 0 Å². The molecule has 1 aliphatic heterocycles. The number of allylic oxidation sites excluding steroid dienone is 5. The number of methoxy groups -OCH3 is 1. The topological polar surface area (TPSA) is 83.7 Å². The molecular formula is C26H33N5O2S. The number of hydrogen-bond acceptors (Lipinski definition) is 8. The first-order chi connectivity index (χ1) is 16.4. The van der Waals surface area contributed by atoms with Gasteiger partial charge in [-0.05, 0) is 56.7 Å². The van der Waals surface area contributed by atoms with Crippen LogP contribution in [-0.4, -0.2) is 55.0 Å². The first-order valence-corrected chi connectivity index (χ1v) is 12.5. The largest absolute Gasteiger partial charge is 0.501 e. The summed E-state index contributed by atoms with van der Waals surface area (Å²) in [5.41, 5.74) is 9.73. The lowest BCUT2D eigenvalue weighted by Crippen LogP contribution is -2.48. The number of nitrogens with zero attached hydrogens (tertiary/aromatic N) is 3. The van der Waals surface area contributed by atoms with E-state index >= 15 is 0 Å². The van der Waals surface area contributed by atoms with Crippen LogP contribution in [0.5, 0.6) is 0 Å². The zero-order chi connectivity index (χ0) is 24.2. The number of Topliss-reactive ketones (excluding diaryl/α,β-unsaturated/α-hetero) is 1. The Balaban J connectivity index is 1.45. The molecule has 1 aromatic carbocycles. The molecule has 2 aromatic rings. The minimum absolute atomic E-state index is 0.141. The Bertz CT molecular complexity index is 1120. The molecule has 8 heteroatoms. The Morgan fingerprint density at radius 2 is 1.88 bits per heavy atom. The Kier molecular flexibility index (Phi) is 7.38. The third-order valence-electron chi connectivity index (χ3n) is 6.31. The summed E-state index contributed by atoms with van der Waals surface area (Å²) in [6.07, 6.45) is 6.38. The molecule has 7 nitrogen and oxygen atoms in total. The molecule has 2 aliphatic rings. The van der Waals surface area contributed by atoms with Gasteiger partial charge in [0.05, 0.1) is 7.11 Å². The first kappa shape index (κ1) is 24.0. The number of aromatic nitrogens is 1. The van der Waals surface area contributed by atoms with Crippen molar-refractivity contribution >= 4 is 39.4 Å². The van der Waals surface area contributed by atoms with E-state index in [4.69, 9.17) is 10.5 Å². The molecule has 0 radical (unpaired) electrons. The highest BCUT2D eigenvalue weighted by molar-refractivity contribution is 7.18. The summed E-state index contributed by atoms with van der Waals surface area (Å²) in [7, 11) is 1.61. The van der Waals surface area contributed by atoms with Crippen LogP contribution in [0.15, 0.2) is 59.4 Å². The first-order valence-electron chi connectivity index (χ1n) is 11.6. The SMILES string of the molecule is COC1=CC(C(=O)c2sc(Nc3ccc(N4CCN(C(C)C)CC4)cc3)nc2N)=C(C)C=CC1. The number of nitrogens with one attached hydrogen (secondary N) is 1. The van der Waals surface area contributed by atoms with E-state index in [1.54, 1.807) is 13.2 Å². The maximum Gasteiger partial charge on any atom is 0.207 e.